The normalized spacial score (nSPS) is 20.0. The molecule has 0 aromatic carbocycles. The summed E-state index contributed by atoms with van der Waals surface area (Å²) in [5.74, 6) is 0.607. The molecule has 2 aromatic heterocycles. The number of hydrogen-bond acceptors (Lipinski definition) is 7. The highest BCUT2D eigenvalue weighted by Gasteiger charge is 2.23. The van der Waals surface area contributed by atoms with Crippen molar-refractivity contribution >= 4 is 34.6 Å². The van der Waals surface area contributed by atoms with Gasteiger partial charge in [0, 0.05) is 36.8 Å². The number of piperidine rings is 1. The van der Waals surface area contributed by atoms with E-state index in [1.54, 1.807) is 28.8 Å². The van der Waals surface area contributed by atoms with Crippen LogP contribution >= 0.6 is 11.9 Å². The van der Waals surface area contributed by atoms with Gasteiger partial charge in [0.2, 0.25) is 5.95 Å². The molecule has 0 unspecified atom stereocenters. The Morgan fingerprint density at radius 3 is 2.65 bits per heavy atom. The molecule has 0 bridgehead atoms. The first kappa shape index (κ1) is 17.6. The molecule has 1 aliphatic carbocycles. The van der Waals surface area contributed by atoms with Crippen LogP contribution in [-0.2, 0) is 0 Å². The van der Waals surface area contributed by atoms with E-state index in [4.69, 9.17) is 10.7 Å². The number of nitrogens with two attached hydrogens (primary N) is 1. The second-order valence-electron chi connectivity index (χ2n) is 7.22. The van der Waals surface area contributed by atoms with Crippen molar-refractivity contribution in [3.05, 3.63) is 22.6 Å². The molecule has 26 heavy (non-hydrogen) atoms. The van der Waals surface area contributed by atoms with E-state index in [-0.39, 0.29) is 17.3 Å². The SMILES string of the molecule is CSN1CCC(Nc2ncc3cc(N)c(=O)n(C4CCCC4)c3n2)CC1. The third-order valence-electron chi connectivity index (χ3n) is 5.54. The van der Waals surface area contributed by atoms with Gasteiger partial charge in [-0.05, 0) is 38.0 Å². The van der Waals surface area contributed by atoms with Crippen molar-refractivity contribution in [3.8, 4) is 0 Å². The third kappa shape index (κ3) is 3.40. The molecule has 4 rings (SSSR count). The number of anilines is 2. The maximum Gasteiger partial charge on any atom is 0.275 e. The number of nitrogen functional groups attached to an aromatic ring is 1. The van der Waals surface area contributed by atoms with Crippen molar-refractivity contribution in [1.82, 2.24) is 18.8 Å². The standard InChI is InChI=1S/C18H26N6OS/c1-26-23-8-6-13(7-9-23)21-18-20-11-12-10-15(19)17(25)24(16(12)22-18)14-4-2-3-5-14/h10-11,13-14H,2-9,19H2,1H3,(H,20,21,22). The summed E-state index contributed by atoms with van der Waals surface area (Å²) in [7, 11) is 0. The summed E-state index contributed by atoms with van der Waals surface area (Å²) in [5, 5.41) is 4.30. The Hall–Kier alpha value is -1.80. The number of hydrogen-bond donors (Lipinski definition) is 2. The van der Waals surface area contributed by atoms with Crippen LogP contribution in [0.4, 0.5) is 11.6 Å². The van der Waals surface area contributed by atoms with Crippen LogP contribution in [0.2, 0.25) is 0 Å². The molecule has 0 spiro atoms. The molecule has 2 aliphatic rings. The fourth-order valence-corrected chi connectivity index (χ4v) is 4.65. The maximum absolute atomic E-state index is 12.7. The number of rotatable bonds is 4. The zero-order valence-corrected chi connectivity index (χ0v) is 16.0. The molecule has 1 saturated carbocycles. The Kier molecular flexibility index (Phi) is 5.04. The number of fused-ring (bicyclic) bond motifs is 1. The van der Waals surface area contributed by atoms with E-state index in [0.29, 0.717) is 17.6 Å². The van der Waals surface area contributed by atoms with E-state index in [2.05, 4.69) is 20.9 Å². The van der Waals surface area contributed by atoms with Crippen LogP contribution < -0.4 is 16.6 Å². The molecule has 3 heterocycles. The highest BCUT2D eigenvalue weighted by molar-refractivity contribution is 7.96. The van der Waals surface area contributed by atoms with E-state index in [1.807, 2.05) is 0 Å². The fraction of sp³-hybridized carbons (Fsp3) is 0.611. The highest BCUT2D eigenvalue weighted by atomic mass is 32.2. The quantitative estimate of drug-likeness (QED) is 0.795. The largest absolute Gasteiger partial charge is 0.394 e. The van der Waals surface area contributed by atoms with Crippen molar-refractivity contribution in [2.45, 2.75) is 50.6 Å². The molecule has 0 amide bonds. The maximum atomic E-state index is 12.7. The van der Waals surface area contributed by atoms with Crippen LogP contribution in [0.1, 0.15) is 44.6 Å². The van der Waals surface area contributed by atoms with E-state index in [1.165, 1.54) is 0 Å². The van der Waals surface area contributed by atoms with Crippen LogP contribution in [0.15, 0.2) is 17.1 Å². The average molecular weight is 375 g/mol. The fourth-order valence-electron chi connectivity index (χ4n) is 4.08. The Morgan fingerprint density at radius 2 is 1.96 bits per heavy atom. The minimum absolute atomic E-state index is 0.123. The highest BCUT2D eigenvalue weighted by Crippen LogP contribution is 2.31. The molecule has 7 nitrogen and oxygen atoms in total. The lowest BCUT2D eigenvalue weighted by Gasteiger charge is -2.30. The van der Waals surface area contributed by atoms with Gasteiger partial charge in [-0.2, -0.15) is 4.98 Å². The van der Waals surface area contributed by atoms with Crippen LogP contribution in [0.3, 0.4) is 0 Å². The first-order valence-corrected chi connectivity index (χ1v) is 10.6. The Balaban J connectivity index is 1.64. The van der Waals surface area contributed by atoms with Gasteiger partial charge in [0.05, 0.1) is 5.69 Å². The molecule has 1 saturated heterocycles. The van der Waals surface area contributed by atoms with Gasteiger partial charge in [-0.15, -0.1) is 0 Å². The van der Waals surface area contributed by atoms with Crippen molar-refractivity contribution in [3.63, 3.8) is 0 Å². The van der Waals surface area contributed by atoms with E-state index in [9.17, 15) is 4.79 Å². The first-order chi connectivity index (χ1) is 12.7. The topological polar surface area (TPSA) is 89.1 Å². The molecule has 1 aliphatic heterocycles. The second-order valence-corrected chi connectivity index (χ2v) is 8.10. The lowest BCUT2D eigenvalue weighted by molar-refractivity contribution is 0.358. The van der Waals surface area contributed by atoms with Gasteiger partial charge in [-0.3, -0.25) is 13.7 Å². The summed E-state index contributed by atoms with van der Waals surface area (Å²) in [6, 6.07) is 2.27. The predicted molar refractivity (Wildman–Crippen MR) is 107 cm³/mol. The minimum Gasteiger partial charge on any atom is -0.394 e. The van der Waals surface area contributed by atoms with Crippen LogP contribution in [0.25, 0.3) is 11.0 Å². The zero-order chi connectivity index (χ0) is 18.1. The summed E-state index contributed by atoms with van der Waals surface area (Å²) in [5.41, 5.74) is 6.81. The van der Waals surface area contributed by atoms with Crippen molar-refractivity contribution < 1.29 is 0 Å². The van der Waals surface area contributed by atoms with Gasteiger partial charge in [-0.1, -0.05) is 24.8 Å². The predicted octanol–water partition coefficient (Wildman–Crippen LogP) is 2.64. The first-order valence-electron chi connectivity index (χ1n) is 9.39. The molecule has 8 heteroatoms. The summed E-state index contributed by atoms with van der Waals surface area (Å²) in [4.78, 5) is 21.9. The van der Waals surface area contributed by atoms with Gasteiger partial charge >= 0.3 is 0 Å². The molecular weight excluding hydrogens is 348 g/mol. The molecule has 2 aromatic rings. The van der Waals surface area contributed by atoms with Crippen LogP contribution in [-0.4, -0.2) is 44.2 Å². The molecule has 140 valence electrons. The molecule has 0 radical (unpaired) electrons. The van der Waals surface area contributed by atoms with E-state index in [0.717, 1.165) is 57.0 Å². The van der Waals surface area contributed by atoms with Crippen LogP contribution in [0.5, 0.6) is 0 Å². The Bertz CT molecular complexity index is 839. The van der Waals surface area contributed by atoms with Gasteiger partial charge < -0.3 is 11.1 Å². The summed E-state index contributed by atoms with van der Waals surface area (Å²) in [6.45, 7) is 2.13. The second kappa shape index (κ2) is 7.44. The summed E-state index contributed by atoms with van der Waals surface area (Å²) >= 11 is 1.80. The smallest absolute Gasteiger partial charge is 0.275 e. The summed E-state index contributed by atoms with van der Waals surface area (Å²) < 4.78 is 4.18. The lowest BCUT2D eigenvalue weighted by atomic mass is 10.1. The number of aromatic nitrogens is 3. The third-order valence-corrected chi connectivity index (χ3v) is 6.42. The number of pyridine rings is 1. The zero-order valence-electron chi connectivity index (χ0n) is 15.1. The van der Waals surface area contributed by atoms with Crippen molar-refractivity contribution in [2.75, 3.05) is 30.4 Å². The van der Waals surface area contributed by atoms with Gasteiger partial charge in [0.15, 0.2) is 0 Å². The van der Waals surface area contributed by atoms with Crippen LogP contribution in [0, 0.1) is 0 Å². The molecule has 3 N–H and O–H groups in total. The molecular formula is C18H26N6OS. The van der Waals surface area contributed by atoms with Gasteiger partial charge in [0.25, 0.3) is 5.56 Å². The van der Waals surface area contributed by atoms with E-state index >= 15 is 0 Å². The number of nitrogens with zero attached hydrogens (tertiary/aromatic N) is 4. The minimum atomic E-state index is -0.123. The Morgan fingerprint density at radius 1 is 1.23 bits per heavy atom. The van der Waals surface area contributed by atoms with Crippen molar-refractivity contribution in [1.29, 1.82) is 0 Å². The van der Waals surface area contributed by atoms with E-state index < -0.39 is 0 Å². The Labute approximate surface area is 157 Å². The van der Waals surface area contributed by atoms with Gasteiger partial charge in [0.1, 0.15) is 5.65 Å². The average Bonchev–Trinajstić information content (AvgIpc) is 3.18. The van der Waals surface area contributed by atoms with Gasteiger partial charge in [-0.25, -0.2) is 4.98 Å². The monoisotopic (exact) mass is 374 g/mol. The molecule has 2 fully saturated rings. The van der Waals surface area contributed by atoms with Crippen molar-refractivity contribution in [2.24, 2.45) is 0 Å². The molecule has 0 atom stereocenters. The number of nitrogens with one attached hydrogen (secondary N) is 1. The summed E-state index contributed by atoms with van der Waals surface area (Å²) in [6.07, 6.45) is 10.4. The lowest BCUT2D eigenvalue weighted by Crippen LogP contribution is -2.36.